The Morgan fingerprint density at radius 3 is 3.15 bits per heavy atom. The fourth-order valence-electron chi connectivity index (χ4n) is 1.78. The molecule has 0 bridgehead atoms. The van der Waals surface area contributed by atoms with Crippen LogP contribution in [0.15, 0.2) is 18.2 Å². The summed E-state index contributed by atoms with van der Waals surface area (Å²) in [7, 11) is 2.05. The smallest absolute Gasteiger partial charge is 0.0702 e. The lowest BCUT2D eigenvalue weighted by atomic mass is 10.1. The molecule has 0 amide bonds. The molecule has 0 aromatic heterocycles. The summed E-state index contributed by atoms with van der Waals surface area (Å²) in [5, 5.41) is 12.5. The van der Waals surface area contributed by atoms with Gasteiger partial charge in [-0.1, -0.05) is 12.1 Å². The maximum absolute atomic E-state index is 9.16. The summed E-state index contributed by atoms with van der Waals surface area (Å²) in [5.74, 6) is 0. The van der Waals surface area contributed by atoms with Crippen molar-refractivity contribution in [2.24, 2.45) is 0 Å². The molecule has 1 aromatic rings. The summed E-state index contributed by atoms with van der Waals surface area (Å²) in [5.41, 5.74) is 3.25. The second-order valence-corrected chi connectivity index (χ2v) is 3.32. The number of likely N-dealkylation sites (N-methyl/N-ethyl adjacent to an activating group) is 1. The van der Waals surface area contributed by atoms with Crippen molar-refractivity contribution in [1.82, 2.24) is 0 Å². The quantitative estimate of drug-likeness (QED) is 0.674. The minimum atomic E-state index is 0.106. The van der Waals surface area contributed by atoms with Gasteiger partial charge in [-0.3, -0.25) is 0 Å². The molecule has 1 aliphatic rings. The predicted octanol–water partition coefficient (Wildman–Crippen LogP) is 1.04. The molecule has 3 heteroatoms. The third kappa shape index (κ3) is 1.35. The molecule has 3 nitrogen and oxygen atoms in total. The van der Waals surface area contributed by atoms with Gasteiger partial charge in [-0.25, -0.2) is 0 Å². The first kappa shape index (κ1) is 8.38. The zero-order valence-corrected chi connectivity index (χ0v) is 7.75. The average Bonchev–Trinajstić information content (AvgIpc) is 2.17. The van der Waals surface area contributed by atoms with Crippen LogP contribution in [0.4, 0.5) is 11.4 Å². The molecule has 1 aliphatic heterocycles. The molecule has 70 valence electrons. The molecule has 0 atom stereocenters. The number of para-hydroxylation sites is 1. The molecule has 0 saturated carbocycles. The molecule has 1 aromatic carbocycles. The van der Waals surface area contributed by atoms with Crippen molar-refractivity contribution < 1.29 is 5.11 Å². The number of nitrogens with one attached hydrogen (secondary N) is 1. The van der Waals surface area contributed by atoms with Crippen molar-refractivity contribution in [3.05, 3.63) is 23.8 Å². The highest BCUT2D eigenvalue weighted by molar-refractivity contribution is 5.75. The third-order valence-electron chi connectivity index (χ3n) is 2.43. The van der Waals surface area contributed by atoms with Crippen LogP contribution in [0, 0.1) is 0 Å². The molecule has 0 fully saturated rings. The van der Waals surface area contributed by atoms with E-state index in [1.54, 1.807) is 0 Å². The third-order valence-corrected chi connectivity index (χ3v) is 2.43. The van der Waals surface area contributed by atoms with Gasteiger partial charge in [-0.05, 0) is 6.07 Å². The average molecular weight is 178 g/mol. The van der Waals surface area contributed by atoms with Crippen LogP contribution >= 0.6 is 0 Å². The SMILES string of the molecule is CN1CCNc2cccc(CO)c21. The van der Waals surface area contributed by atoms with Gasteiger partial charge >= 0.3 is 0 Å². The number of hydrogen-bond donors (Lipinski definition) is 2. The first-order valence-corrected chi connectivity index (χ1v) is 4.50. The van der Waals surface area contributed by atoms with Gasteiger partial charge in [0, 0.05) is 25.7 Å². The summed E-state index contributed by atoms with van der Waals surface area (Å²) in [4.78, 5) is 2.18. The van der Waals surface area contributed by atoms with Gasteiger partial charge in [0.2, 0.25) is 0 Å². The van der Waals surface area contributed by atoms with Gasteiger partial charge < -0.3 is 15.3 Å². The van der Waals surface area contributed by atoms with E-state index in [0.717, 1.165) is 30.0 Å². The highest BCUT2D eigenvalue weighted by atomic mass is 16.3. The number of benzene rings is 1. The van der Waals surface area contributed by atoms with E-state index in [-0.39, 0.29) is 6.61 Å². The highest BCUT2D eigenvalue weighted by Crippen LogP contribution is 2.31. The van der Waals surface area contributed by atoms with E-state index in [1.807, 2.05) is 18.2 Å². The van der Waals surface area contributed by atoms with Crippen LogP contribution in [0.25, 0.3) is 0 Å². The summed E-state index contributed by atoms with van der Waals surface area (Å²) in [6.45, 7) is 2.07. The molecule has 0 unspecified atom stereocenters. The van der Waals surface area contributed by atoms with Crippen molar-refractivity contribution in [2.75, 3.05) is 30.4 Å². The molecule has 0 saturated heterocycles. The zero-order valence-electron chi connectivity index (χ0n) is 7.75. The summed E-state index contributed by atoms with van der Waals surface area (Å²) in [6.07, 6.45) is 0. The Labute approximate surface area is 78.0 Å². The van der Waals surface area contributed by atoms with E-state index in [2.05, 4.69) is 17.3 Å². The highest BCUT2D eigenvalue weighted by Gasteiger charge is 2.15. The lowest BCUT2D eigenvalue weighted by Crippen LogP contribution is -2.31. The van der Waals surface area contributed by atoms with E-state index in [1.165, 1.54) is 0 Å². The summed E-state index contributed by atoms with van der Waals surface area (Å²) >= 11 is 0. The fourth-order valence-corrected chi connectivity index (χ4v) is 1.78. The second kappa shape index (κ2) is 3.26. The number of fused-ring (bicyclic) bond motifs is 1. The molecule has 0 radical (unpaired) electrons. The zero-order chi connectivity index (χ0) is 9.26. The van der Waals surface area contributed by atoms with Crippen molar-refractivity contribution >= 4 is 11.4 Å². The topological polar surface area (TPSA) is 35.5 Å². The van der Waals surface area contributed by atoms with Gasteiger partial charge in [0.1, 0.15) is 0 Å². The van der Waals surface area contributed by atoms with Crippen LogP contribution in [-0.4, -0.2) is 25.2 Å². The van der Waals surface area contributed by atoms with Crippen LogP contribution in [-0.2, 0) is 6.61 Å². The number of hydrogen-bond acceptors (Lipinski definition) is 3. The Kier molecular flexibility index (Phi) is 2.10. The lowest BCUT2D eigenvalue weighted by Gasteiger charge is -2.30. The molecule has 0 spiro atoms. The maximum atomic E-state index is 9.16. The van der Waals surface area contributed by atoms with Crippen molar-refractivity contribution in [2.45, 2.75) is 6.61 Å². The Hall–Kier alpha value is -1.22. The Morgan fingerprint density at radius 1 is 1.54 bits per heavy atom. The number of rotatable bonds is 1. The van der Waals surface area contributed by atoms with Crippen molar-refractivity contribution in [1.29, 1.82) is 0 Å². The monoisotopic (exact) mass is 178 g/mol. The predicted molar refractivity (Wildman–Crippen MR) is 54.1 cm³/mol. The van der Waals surface area contributed by atoms with Crippen LogP contribution < -0.4 is 10.2 Å². The van der Waals surface area contributed by atoms with Gasteiger partial charge in [-0.2, -0.15) is 0 Å². The molecule has 0 aliphatic carbocycles. The lowest BCUT2D eigenvalue weighted by molar-refractivity contribution is 0.282. The van der Waals surface area contributed by atoms with Crippen LogP contribution in [0.5, 0.6) is 0 Å². The summed E-state index contributed by atoms with van der Waals surface area (Å²) < 4.78 is 0. The van der Waals surface area contributed by atoms with E-state index in [9.17, 15) is 0 Å². The number of anilines is 2. The minimum Gasteiger partial charge on any atom is -0.392 e. The largest absolute Gasteiger partial charge is 0.392 e. The molecule has 13 heavy (non-hydrogen) atoms. The van der Waals surface area contributed by atoms with E-state index in [4.69, 9.17) is 5.11 Å². The van der Waals surface area contributed by atoms with E-state index >= 15 is 0 Å². The first-order chi connectivity index (χ1) is 6.33. The molecule has 2 rings (SSSR count). The Morgan fingerprint density at radius 2 is 2.38 bits per heavy atom. The Balaban J connectivity index is 2.50. The molecular formula is C10H14N2O. The van der Waals surface area contributed by atoms with Gasteiger partial charge in [-0.15, -0.1) is 0 Å². The van der Waals surface area contributed by atoms with Crippen LogP contribution in [0.2, 0.25) is 0 Å². The van der Waals surface area contributed by atoms with Crippen LogP contribution in [0.3, 0.4) is 0 Å². The van der Waals surface area contributed by atoms with Crippen molar-refractivity contribution in [3.63, 3.8) is 0 Å². The Bertz CT molecular complexity index is 298. The second-order valence-electron chi connectivity index (χ2n) is 3.32. The van der Waals surface area contributed by atoms with E-state index in [0.29, 0.717) is 0 Å². The first-order valence-electron chi connectivity index (χ1n) is 4.50. The van der Waals surface area contributed by atoms with Crippen LogP contribution in [0.1, 0.15) is 5.56 Å². The maximum Gasteiger partial charge on any atom is 0.0702 e. The molecule has 2 N–H and O–H groups in total. The summed E-state index contributed by atoms with van der Waals surface area (Å²) in [6, 6.07) is 5.98. The van der Waals surface area contributed by atoms with Gasteiger partial charge in [0.25, 0.3) is 0 Å². The standard InChI is InChI=1S/C10H14N2O/c1-12-6-5-11-9-4-2-3-8(7-13)10(9)12/h2-4,11,13H,5-7H2,1H3. The van der Waals surface area contributed by atoms with Gasteiger partial charge in [0.05, 0.1) is 18.0 Å². The number of aliphatic hydroxyl groups is 1. The number of aliphatic hydroxyl groups excluding tert-OH is 1. The normalized spacial score (nSPS) is 15.1. The minimum absolute atomic E-state index is 0.106. The fraction of sp³-hybridized carbons (Fsp3) is 0.400. The van der Waals surface area contributed by atoms with E-state index < -0.39 is 0 Å². The van der Waals surface area contributed by atoms with Crippen molar-refractivity contribution in [3.8, 4) is 0 Å². The van der Waals surface area contributed by atoms with Gasteiger partial charge in [0.15, 0.2) is 0 Å². The molecular weight excluding hydrogens is 164 g/mol. The molecule has 1 heterocycles. The number of nitrogens with zero attached hydrogens (tertiary/aromatic N) is 1.